The fourth-order valence-electron chi connectivity index (χ4n) is 2.52. The molecule has 4 nitrogen and oxygen atoms in total. The molecule has 0 unspecified atom stereocenters. The molecular weight excluding hydrogens is 346 g/mol. The Hall–Kier alpha value is -1.75. The number of aliphatic carboxylic acids is 1. The van der Waals surface area contributed by atoms with Gasteiger partial charge in [-0.2, -0.15) is 8.78 Å². The Kier molecular flexibility index (Phi) is 4.62. The molecular formula is C18H22F2O4Si. The number of hydrogen-bond donors (Lipinski definition) is 2. The Labute approximate surface area is 147 Å². The Morgan fingerprint density at radius 2 is 1.84 bits per heavy atom. The Morgan fingerprint density at radius 1 is 1.28 bits per heavy atom. The van der Waals surface area contributed by atoms with Gasteiger partial charge in [0.15, 0.2) is 8.32 Å². The maximum Gasteiger partial charge on any atom is 0.382 e. The number of fused-ring (bicyclic) bond motifs is 1. The fourth-order valence-corrected chi connectivity index (χ4v) is 3.74. The molecule has 0 aliphatic heterocycles. The molecule has 0 aromatic heterocycles. The van der Waals surface area contributed by atoms with E-state index in [0.717, 1.165) is 0 Å². The number of alkyl halides is 2. The lowest BCUT2D eigenvalue weighted by Crippen LogP contribution is -2.49. The van der Waals surface area contributed by atoms with Crippen LogP contribution < -0.4 is 0 Å². The summed E-state index contributed by atoms with van der Waals surface area (Å²) in [4.78, 5) is 10.7. The zero-order valence-corrected chi connectivity index (χ0v) is 15.9. The van der Waals surface area contributed by atoms with E-state index in [1.165, 1.54) is 18.2 Å². The highest BCUT2D eigenvalue weighted by atomic mass is 28.4. The van der Waals surface area contributed by atoms with Gasteiger partial charge in [-0.15, -0.1) is 0 Å². The van der Waals surface area contributed by atoms with Crippen LogP contribution in [0.25, 0.3) is 0 Å². The van der Waals surface area contributed by atoms with Gasteiger partial charge in [0.05, 0.1) is 0 Å². The number of rotatable bonds is 2. The van der Waals surface area contributed by atoms with E-state index in [1.54, 1.807) is 12.0 Å². The minimum Gasteiger partial charge on any atom is -0.472 e. The van der Waals surface area contributed by atoms with Crippen LogP contribution in [-0.2, 0) is 14.8 Å². The molecule has 0 amide bonds. The van der Waals surface area contributed by atoms with Gasteiger partial charge in [-0.3, -0.25) is 0 Å². The van der Waals surface area contributed by atoms with Crippen molar-refractivity contribution >= 4 is 14.3 Å². The predicted molar refractivity (Wildman–Crippen MR) is 91.7 cm³/mol. The van der Waals surface area contributed by atoms with Gasteiger partial charge in [0.2, 0.25) is 5.60 Å². The van der Waals surface area contributed by atoms with Gasteiger partial charge in [0.25, 0.3) is 0 Å². The number of benzene rings is 1. The summed E-state index contributed by atoms with van der Waals surface area (Å²) in [6, 6.07) is 5.86. The Morgan fingerprint density at radius 3 is 2.36 bits per heavy atom. The van der Waals surface area contributed by atoms with Crippen LogP contribution >= 0.6 is 0 Å². The lowest BCUT2D eigenvalue weighted by molar-refractivity contribution is -0.193. The van der Waals surface area contributed by atoms with Gasteiger partial charge in [0.1, 0.15) is 6.10 Å². The third-order valence-corrected chi connectivity index (χ3v) is 9.45. The smallest absolute Gasteiger partial charge is 0.382 e. The first-order chi connectivity index (χ1) is 11.2. The van der Waals surface area contributed by atoms with E-state index in [0.29, 0.717) is 0 Å². The average molecular weight is 368 g/mol. The van der Waals surface area contributed by atoms with E-state index in [2.05, 4.69) is 0 Å². The molecule has 0 fully saturated rings. The molecule has 1 aromatic carbocycles. The monoisotopic (exact) mass is 368 g/mol. The second-order valence-electron chi connectivity index (χ2n) is 7.73. The highest BCUT2D eigenvalue weighted by molar-refractivity contribution is 6.74. The molecule has 2 rings (SSSR count). The van der Waals surface area contributed by atoms with Crippen LogP contribution in [0.1, 0.15) is 38.0 Å². The van der Waals surface area contributed by atoms with Crippen LogP contribution in [0.4, 0.5) is 8.78 Å². The van der Waals surface area contributed by atoms with Crippen molar-refractivity contribution in [1.29, 1.82) is 0 Å². The Bertz CT molecular complexity index is 758. The normalized spacial score (nSPS) is 25.0. The van der Waals surface area contributed by atoms with Crippen molar-refractivity contribution in [2.24, 2.45) is 0 Å². The Balaban J connectivity index is 2.61. The van der Waals surface area contributed by atoms with Crippen molar-refractivity contribution in [2.45, 2.75) is 56.5 Å². The van der Waals surface area contributed by atoms with Crippen LogP contribution in [-0.4, -0.2) is 30.4 Å². The largest absolute Gasteiger partial charge is 0.472 e. The van der Waals surface area contributed by atoms with Crippen molar-refractivity contribution in [3.63, 3.8) is 0 Å². The molecule has 1 aromatic rings. The van der Waals surface area contributed by atoms with Gasteiger partial charge < -0.3 is 14.6 Å². The summed E-state index contributed by atoms with van der Waals surface area (Å²) in [6.07, 6.45) is -1.68. The maximum atomic E-state index is 15.2. The second kappa shape index (κ2) is 5.90. The number of carboxylic acid groups (broad SMARTS) is 1. The minimum absolute atomic E-state index is 0.113. The molecule has 0 saturated heterocycles. The lowest BCUT2D eigenvalue weighted by Gasteiger charge is -2.40. The van der Waals surface area contributed by atoms with Crippen LogP contribution in [0.2, 0.25) is 18.1 Å². The number of aliphatic hydroxyl groups is 1. The molecule has 2 N–H and O–H groups in total. The van der Waals surface area contributed by atoms with Crippen LogP contribution in [0, 0.1) is 11.8 Å². The minimum atomic E-state index is -3.78. The highest BCUT2D eigenvalue weighted by Gasteiger charge is 2.67. The lowest BCUT2D eigenvalue weighted by atomic mass is 9.94. The average Bonchev–Trinajstić information content (AvgIpc) is 2.63. The first-order valence-electron chi connectivity index (χ1n) is 7.87. The van der Waals surface area contributed by atoms with Crippen molar-refractivity contribution in [3.8, 4) is 11.8 Å². The molecule has 7 heteroatoms. The zero-order valence-electron chi connectivity index (χ0n) is 14.9. The molecule has 1 aliphatic rings. The van der Waals surface area contributed by atoms with Crippen molar-refractivity contribution in [3.05, 3.63) is 35.4 Å². The van der Waals surface area contributed by atoms with Gasteiger partial charge in [-0.1, -0.05) is 45.0 Å². The third kappa shape index (κ3) is 3.10. The maximum absolute atomic E-state index is 15.2. The second-order valence-corrected chi connectivity index (χ2v) is 12.5. The summed E-state index contributed by atoms with van der Waals surface area (Å²) in [5, 5.41) is 19.0. The van der Waals surface area contributed by atoms with E-state index >= 15 is 8.78 Å². The first-order valence-corrected chi connectivity index (χ1v) is 10.8. The molecule has 0 saturated carbocycles. The molecule has 136 valence electrons. The van der Waals surface area contributed by atoms with Gasteiger partial charge >= 0.3 is 11.9 Å². The standard InChI is InChI=1S/C18H22F2O4Si/c1-16(2,3)25(4,5)24-15-12-8-6-7-9-13(12)17(23,18(15,19)20)11-10-14(21)22/h6-9,15,23H,1-5H3,(H,21,22)/t15-,17+/m1/s1. The van der Waals surface area contributed by atoms with E-state index in [1.807, 2.05) is 39.8 Å². The fraction of sp³-hybridized carbons (Fsp3) is 0.500. The number of halogens is 2. The molecule has 1 aliphatic carbocycles. The molecule has 0 spiro atoms. The van der Waals surface area contributed by atoms with Crippen molar-refractivity contribution in [2.75, 3.05) is 0 Å². The molecule has 0 radical (unpaired) electrons. The number of hydrogen-bond acceptors (Lipinski definition) is 3. The third-order valence-electron chi connectivity index (χ3n) is 5.01. The molecule has 0 heterocycles. The quantitative estimate of drug-likeness (QED) is 0.617. The molecule has 2 atom stereocenters. The van der Waals surface area contributed by atoms with E-state index in [9.17, 15) is 9.90 Å². The van der Waals surface area contributed by atoms with Gasteiger partial charge in [-0.25, -0.2) is 4.79 Å². The first kappa shape index (κ1) is 19.6. The summed E-state index contributed by atoms with van der Waals surface area (Å²) < 4.78 is 36.3. The van der Waals surface area contributed by atoms with Crippen molar-refractivity contribution < 1.29 is 28.2 Å². The van der Waals surface area contributed by atoms with Crippen LogP contribution in [0.3, 0.4) is 0 Å². The van der Waals surface area contributed by atoms with Gasteiger partial charge in [0, 0.05) is 11.5 Å². The zero-order chi connectivity index (χ0) is 19.3. The number of carbonyl (C=O) groups is 1. The highest BCUT2D eigenvalue weighted by Crippen LogP contribution is 2.57. The van der Waals surface area contributed by atoms with Crippen LogP contribution in [0.5, 0.6) is 0 Å². The SMILES string of the molecule is CC(C)(C)[Si](C)(C)O[C@@H]1c2ccccc2[C@@](O)(C#CC(=O)O)C1(F)F. The summed E-state index contributed by atoms with van der Waals surface area (Å²) >= 11 is 0. The molecule has 25 heavy (non-hydrogen) atoms. The topological polar surface area (TPSA) is 66.8 Å². The number of carboxylic acids is 1. The summed E-state index contributed by atoms with van der Waals surface area (Å²) in [5.74, 6) is -1.89. The predicted octanol–water partition coefficient (Wildman–Crippen LogP) is 3.67. The van der Waals surface area contributed by atoms with E-state index in [-0.39, 0.29) is 16.2 Å². The van der Waals surface area contributed by atoms with Crippen molar-refractivity contribution in [1.82, 2.24) is 0 Å². The van der Waals surface area contributed by atoms with E-state index in [4.69, 9.17) is 9.53 Å². The summed E-state index contributed by atoms with van der Waals surface area (Å²) in [6.45, 7) is 9.45. The van der Waals surface area contributed by atoms with Crippen LogP contribution in [0.15, 0.2) is 24.3 Å². The van der Waals surface area contributed by atoms with Gasteiger partial charge in [-0.05, 0) is 29.6 Å². The summed E-state index contributed by atoms with van der Waals surface area (Å²) in [5.41, 5.74) is -2.88. The molecule has 0 bridgehead atoms. The summed E-state index contributed by atoms with van der Waals surface area (Å²) in [7, 11) is -2.59. The van der Waals surface area contributed by atoms with E-state index < -0.39 is 31.9 Å².